The van der Waals surface area contributed by atoms with E-state index in [1.807, 2.05) is 24.3 Å². The number of hydrogen-bond acceptors (Lipinski definition) is 3. The molecule has 1 aromatic carbocycles. The molecule has 0 saturated carbocycles. The Kier molecular flexibility index (Phi) is 3.91. The number of fused-ring (bicyclic) bond motifs is 1. The molecule has 2 aromatic rings. The van der Waals surface area contributed by atoms with E-state index >= 15 is 0 Å². The van der Waals surface area contributed by atoms with E-state index in [0.29, 0.717) is 6.54 Å². The minimum atomic E-state index is 0.0834. The Balaban J connectivity index is 2.18. The van der Waals surface area contributed by atoms with Gasteiger partial charge in [-0.2, -0.15) is 0 Å². The molecule has 0 radical (unpaired) electrons. The summed E-state index contributed by atoms with van der Waals surface area (Å²) in [6, 6.07) is 7.93. The van der Waals surface area contributed by atoms with Gasteiger partial charge in [-0.15, -0.1) is 6.42 Å². The fourth-order valence-corrected chi connectivity index (χ4v) is 1.88. The van der Waals surface area contributed by atoms with E-state index in [9.17, 15) is 0 Å². The van der Waals surface area contributed by atoms with E-state index in [2.05, 4.69) is 18.2 Å². The summed E-state index contributed by atoms with van der Waals surface area (Å²) in [7, 11) is 1.64. The van der Waals surface area contributed by atoms with E-state index in [1.54, 1.807) is 7.11 Å². The molecule has 0 aliphatic heterocycles. The fourth-order valence-electron chi connectivity index (χ4n) is 1.88. The monoisotopic (exact) mass is 243 g/mol. The molecule has 0 fully saturated rings. The topological polar surface area (TPSA) is 34.4 Å². The second kappa shape index (κ2) is 5.61. The van der Waals surface area contributed by atoms with E-state index in [-0.39, 0.29) is 6.04 Å². The number of nitrogens with one attached hydrogen (secondary N) is 1. The molecule has 1 aromatic heterocycles. The molecule has 0 bridgehead atoms. The van der Waals surface area contributed by atoms with Crippen LogP contribution in [-0.2, 0) is 6.54 Å². The molecule has 18 heavy (non-hydrogen) atoms. The Morgan fingerprint density at radius 1 is 1.50 bits per heavy atom. The zero-order chi connectivity index (χ0) is 13.0. The Morgan fingerprint density at radius 2 is 2.33 bits per heavy atom. The van der Waals surface area contributed by atoms with Gasteiger partial charge in [0.1, 0.15) is 5.76 Å². The van der Waals surface area contributed by atoms with Crippen molar-refractivity contribution in [3.05, 3.63) is 30.0 Å². The average Bonchev–Trinajstić information content (AvgIpc) is 2.82. The molecule has 1 unspecified atom stereocenters. The van der Waals surface area contributed by atoms with Crippen molar-refractivity contribution in [2.24, 2.45) is 0 Å². The summed E-state index contributed by atoms with van der Waals surface area (Å²) in [4.78, 5) is 0. The molecule has 1 atom stereocenters. The highest BCUT2D eigenvalue weighted by molar-refractivity contribution is 5.83. The number of benzene rings is 1. The third-order valence-electron chi connectivity index (χ3n) is 2.91. The summed E-state index contributed by atoms with van der Waals surface area (Å²) >= 11 is 0. The summed E-state index contributed by atoms with van der Waals surface area (Å²) in [5.41, 5.74) is 0.783. The van der Waals surface area contributed by atoms with Crippen LogP contribution in [-0.4, -0.2) is 13.2 Å². The second-order valence-electron chi connectivity index (χ2n) is 4.10. The molecular formula is C15H17NO2. The van der Waals surface area contributed by atoms with Gasteiger partial charge in [-0.3, -0.25) is 5.32 Å². The first-order valence-corrected chi connectivity index (χ1v) is 6.03. The van der Waals surface area contributed by atoms with Crippen LogP contribution < -0.4 is 10.1 Å². The van der Waals surface area contributed by atoms with Crippen LogP contribution in [0.2, 0.25) is 0 Å². The van der Waals surface area contributed by atoms with Crippen LogP contribution >= 0.6 is 0 Å². The van der Waals surface area contributed by atoms with Gasteiger partial charge in [0, 0.05) is 5.39 Å². The highest BCUT2D eigenvalue weighted by Gasteiger charge is 2.09. The first-order valence-electron chi connectivity index (χ1n) is 6.03. The van der Waals surface area contributed by atoms with Gasteiger partial charge in [0.25, 0.3) is 0 Å². The summed E-state index contributed by atoms with van der Waals surface area (Å²) < 4.78 is 11.0. The van der Waals surface area contributed by atoms with Crippen LogP contribution in [0.25, 0.3) is 11.0 Å². The molecule has 3 heteroatoms. The molecule has 0 saturated heterocycles. The Hall–Kier alpha value is -1.92. The number of furan rings is 1. The number of terminal acetylenes is 1. The summed E-state index contributed by atoms with van der Waals surface area (Å²) in [6.07, 6.45) is 6.31. The predicted molar refractivity (Wildman–Crippen MR) is 72.5 cm³/mol. The number of rotatable bonds is 5. The lowest BCUT2D eigenvalue weighted by molar-refractivity contribution is 0.405. The van der Waals surface area contributed by atoms with Gasteiger partial charge in [-0.05, 0) is 18.6 Å². The quantitative estimate of drug-likeness (QED) is 0.820. The smallest absolute Gasteiger partial charge is 0.176 e. The first-order chi connectivity index (χ1) is 8.78. The lowest BCUT2D eigenvalue weighted by Crippen LogP contribution is -2.25. The van der Waals surface area contributed by atoms with Crippen LogP contribution in [0, 0.1) is 12.3 Å². The minimum Gasteiger partial charge on any atom is -0.493 e. The van der Waals surface area contributed by atoms with Crippen molar-refractivity contribution >= 4 is 11.0 Å². The van der Waals surface area contributed by atoms with Crippen molar-refractivity contribution in [2.75, 3.05) is 7.11 Å². The van der Waals surface area contributed by atoms with E-state index < -0.39 is 0 Å². The van der Waals surface area contributed by atoms with Crippen molar-refractivity contribution in [1.82, 2.24) is 5.32 Å². The molecule has 3 nitrogen and oxygen atoms in total. The van der Waals surface area contributed by atoms with Crippen LogP contribution in [0.15, 0.2) is 28.7 Å². The molecule has 0 aliphatic rings. The average molecular weight is 243 g/mol. The van der Waals surface area contributed by atoms with Gasteiger partial charge in [0.2, 0.25) is 0 Å². The van der Waals surface area contributed by atoms with Gasteiger partial charge in [-0.25, -0.2) is 0 Å². The third-order valence-corrected chi connectivity index (χ3v) is 2.91. The van der Waals surface area contributed by atoms with E-state index in [0.717, 1.165) is 28.9 Å². The summed E-state index contributed by atoms with van der Waals surface area (Å²) in [6.45, 7) is 2.68. The largest absolute Gasteiger partial charge is 0.493 e. The molecule has 0 amide bonds. The maximum Gasteiger partial charge on any atom is 0.176 e. The number of hydrogen-bond donors (Lipinski definition) is 1. The Morgan fingerprint density at radius 3 is 3.00 bits per heavy atom. The lowest BCUT2D eigenvalue weighted by Gasteiger charge is -2.08. The Labute approximate surface area is 107 Å². The zero-order valence-electron chi connectivity index (χ0n) is 10.7. The van der Waals surface area contributed by atoms with E-state index in [1.165, 1.54) is 0 Å². The maximum absolute atomic E-state index is 5.77. The van der Waals surface area contributed by atoms with Crippen molar-refractivity contribution < 1.29 is 9.15 Å². The first kappa shape index (κ1) is 12.5. The standard InChI is InChI=1S/C15H17NO2/c1-4-12(5-2)16-10-13-9-11-7-6-8-14(17-3)15(11)18-13/h1,6-9,12,16H,5,10H2,2-3H3. The van der Waals surface area contributed by atoms with Gasteiger partial charge in [0.05, 0.1) is 19.7 Å². The van der Waals surface area contributed by atoms with Crippen LogP contribution in [0.4, 0.5) is 0 Å². The van der Waals surface area contributed by atoms with Crippen LogP contribution in [0.5, 0.6) is 5.75 Å². The molecule has 0 aliphatic carbocycles. The van der Waals surface area contributed by atoms with Gasteiger partial charge < -0.3 is 9.15 Å². The third kappa shape index (κ3) is 2.49. The molecule has 1 heterocycles. The number of ether oxygens (including phenoxy) is 1. The van der Waals surface area contributed by atoms with Gasteiger partial charge in [0.15, 0.2) is 11.3 Å². The van der Waals surface area contributed by atoms with Gasteiger partial charge in [-0.1, -0.05) is 25.0 Å². The Bertz CT molecular complexity index is 565. The van der Waals surface area contributed by atoms with Gasteiger partial charge >= 0.3 is 0 Å². The molecule has 1 N–H and O–H groups in total. The maximum atomic E-state index is 5.77. The van der Waals surface area contributed by atoms with Crippen molar-refractivity contribution in [1.29, 1.82) is 0 Å². The SMILES string of the molecule is C#CC(CC)NCc1cc2cccc(OC)c2o1. The normalized spacial score (nSPS) is 12.3. The van der Waals surface area contributed by atoms with Crippen molar-refractivity contribution in [3.8, 4) is 18.1 Å². The molecule has 0 spiro atoms. The molecular weight excluding hydrogens is 226 g/mol. The highest BCUT2D eigenvalue weighted by atomic mass is 16.5. The van der Waals surface area contributed by atoms with E-state index in [4.69, 9.17) is 15.6 Å². The minimum absolute atomic E-state index is 0.0834. The van der Waals surface area contributed by atoms with Crippen LogP contribution in [0.3, 0.4) is 0 Å². The summed E-state index contributed by atoms with van der Waals surface area (Å²) in [5.74, 6) is 4.32. The molecule has 94 valence electrons. The van der Waals surface area contributed by atoms with Crippen LogP contribution in [0.1, 0.15) is 19.1 Å². The zero-order valence-corrected chi connectivity index (χ0v) is 10.7. The van der Waals surface area contributed by atoms with Crippen molar-refractivity contribution in [2.45, 2.75) is 25.9 Å². The number of methoxy groups -OCH3 is 1. The van der Waals surface area contributed by atoms with Crippen molar-refractivity contribution in [3.63, 3.8) is 0 Å². The lowest BCUT2D eigenvalue weighted by atomic mass is 10.2. The highest BCUT2D eigenvalue weighted by Crippen LogP contribution is 2.28. The predicted octanol–water partition coefficient (Wildman–Crippen LogP) is 2.94. The second-order valence-corrected chi connectivity index (χ2v) is 4.10. The fraction of sp³-hybridized carbons (Fsp3) is 0.333. The molecule has 2 rings (SSSR count). The summed E-state index contributed by atoms with van der Waals surface area (Å²) in [5, 5.41) is 4.30. The number of para-hydroxylation sites is 1.